The molecule has 126 valence electrons. The summed E-state index contributed by atoms with van der Waals surface area (Å²) in [6, 6.07) is 12.2. The summed E-state index contributed by atoms with van der Waals surface area (Å²) in [5.41, 5.74) is 0.586. The molecule has 1 amide bonds. The highest BCUT2D eigenvalue weighted by Crippen LogP contribution is 2.30. The molecule has 0 spiro atoms. The Morgan fingerprint density at radius 2 is 1.83 bits per heavy atom. The van der Waals surface area contributed by atoms with Gasteiger partial charge in [-0.15, -0.1) is 0 Å². The van der Waals surface area contributed by atoms with E-state index in [2.05, 4.69) is 0 Å². The molecule has 24 heavy (non-hydrogen) atoms. The van der Waals surface area contributed by atoms with Gasteiger partial charge in [0.15, 0.2) is 0 Å². The van der Waals surface area contributed by atoms with Crippen LogP contribution in [0.2, 0.25) is 5.02 Å². The van der Waals surface area contributed by atoms with Gasteiger partial charge in [0, 0.05) is 29.7 Å². The van der Waals surface area contributed by atoms with Crippen molar-refractivity contribution in [3.8, 4) is 17.2 Å². The van der Waals surface area contributed by atoms with Gasteiger partial charge in [-0.2, -0.15) is 0 Å². The van der Waals surface area contributed by atoms with Gasteiger partial charge in [-0.1, -0.05) is 17.7 Å². The Labute approximate surface area is 145 Å². The highest BCUT2D eigenvalue weighted by Gasteiger charge is 2.18. The summed E-state index contributed by atoms with van der Waals surface area (Å²) in [5.74, 6) is 1.71. The highest BCUT2D eigenvalue weighted by molar-refractivity contribution is 6.30. The second-order valence-electron chi connectivity index (χ2n) is 5.36. The molecule has 0 aliphatic carbocycles. The van der Waals surface area contributed by atoms with E-state index in [9.17, 15) is 4.79 Å². The SMILES string of the molecule is COc1cc(Cl)cc(Oc2cccc(C(=O)N3CCOCC3)c2)c1. The van der Waals surface area contributed by atoms with Crippen LogP contribution in [-0.4, -0.2) is 44.2 Å². The molecule has 5 nitrogen and oxygen atoms in total. The van der Waals surface area contributed by atoms with Crippen LogP contribution in [0.25, 0.3) is 0 Å². The Hall–Kier alpha value is -2.24. The number of methoxy groups -OCH3 is 1. The summed E-state index contributed by atoms with van der Waals surface area (Å²) >= 11 is 6.05. The van der Waals surface area contributed by atoms with Crippen molar-refractivity contribution in [3.05, 3.63) is 53.1 Å². The number of hydrogen-bond donors (Lipinski definition) is 0. The first-order chi connectivity index (χ1) is 11.7. The minimum Gasteiger partial charge on any atom is -0.497 e. The molecule has 1 aliphatic rings. The van der Waals surface area contributed by atoms with Crippen molar-refractivity contribution < 1.29 is 19.0 Å². The van der Waals surface area contributed by atoms with Crippen LogP contribution in [0, 0.1) is 0 Å². The van der Waals surface area contributed by atoms with E-state index in [1.165, 1.54) is 0 Å². The van der Waals surface area contributed by atoms with Crippen molar-refractivity contribution in [2.24, 2.45) is 0 Å². The van der Waals surface area contributed by atoms with Gasteiger partial charge in [-0.3, -0.25) is 4.79 Å². The number of ether oxygens (including phenoxy) is 3. The minimum atomic E-state index is -0.0209. The molecule has 0 bridgehead atoms. The molecular weight excluding hydrogens is 330 g/mol. The predicted octanol–water partition coefficient (Wildman–Crippen LogP) is 3.61. The third kappa shape index (κ3) is 3.99. The number of benzene rings is 2. The Kier molecular flexibility index (Phi) is 5.23. The molecule has 0 radical (unpaired) electrons. The summed E-state index contributed by atoms with van der Waals surface area (Å²) in [6.07, 6.45) is 0. The molecule has 1 heterocycles. The van der Waals surface area contributed by atoms with Crippen LogP contribution < -0.4 is 9.47 Å². The largest absolute Gasteiger partial charge is 0.497 e. The van der Waals surface area contributed by atoms with Crippen LogP contribution in [0.1, 0.15) is 10.4 Å². The lowest BCUT2D eigenvalue weighted by molar-refractivity contribution is 0.0302. The molecule has 2 aromatic carbocycles. The maximum atomic E-state index is 12.5. The van der Waals surface area contributed by atoms with Gasteiger partial charge in [-0.25, -0.2) is 0 Å². The van der Waals surface area contributed by atoms with Gasteiger partial charge in [0.05, 0.1) is 20.3 Å². The first kappa shape index (κ1) is 16.6. The first-order valence-corrected chi connectivity index (χ1v) is 8.03. The second kappa shape index (κ2) is 7.55. The standard InChI is InChI=1S/C18H18ClNO4/c1-22-16-10-14(19)11-17(12-16)24-15-4-2-3-13(9-15)18(21)20-5-7-23-8-6-20/h2-4,9-12H,5-8H2,1H3. The Morgan fingerprint density at radius 1 is 1.08 bits per heavy atom. The molecule has 2 aromatic rings. The quantitative estimate of drug-likeness (QED) is 0.847. The summed E-state index contributed by atoms with van der Waals surface area (Å²) in [6.45, 7) is 2.36. The van der Waals surface area contributed by atoms with Crippen molar-refractivity contribution in [2.75, 3.05) is 33.4 Å². The maximum absolute atomic E-state index is 12.5. The van der Waals surface area contributed by atoms with E-state index in [4.69, 9.17) is 25.8 Å². The lowest BCUT2D eigenvalue weighted by Gasteiger charge is -2.27. The third-order valence-corrected chi connectivity index (χ3v) is 3.91. The average Bonchev–Trinajstić information content (AvgIpc) is 2.61. The fraction of sp³-hybridized carbons (Fsp3) is 0.278. The Balaban J connectivity index is 1.78. The third-order valence-electron chi connectivity index (χ3n) is 3.70. The van der Waals surface area contributed by atoms with Gasteiger partial charge in [0.2, 0.25) is 0 Å². The zero-order chi connectivity index (χ0) is 16.9. The number of hydrogen-bond acceptors (Lipinski definition) is 4. The number of amides is 1. The molecule has 0 atom stereocenters. The van der Waals surface area contributed by atoms with Crippen LogP contribution in [0.3, 0.4) is 0 Å². The van der Waals surface area contributed by atoms with E-state index in [-0.39, 0.29) is 5.91 Å². The lowest BCUT2D eigenvalue weighted by atomic mass is 10.2. The van der Waals surface area contributed by atoms with Gasteiger partial charge in [0.1, 0.15) is 17.2 Å². The normalized spacial score (nSPS) is 14.3. The molecule has 1 aliphatic heterocycles. The summed E-state index contributed by atoms with van der Waals surface area (Å²) < 4.78 is 16.3. The van der Waals surface area contributed by atoms with E-state index in [1.807, 2.05) is 0 Å². The van der Waals surface area contributed by atoms with E-state index in [1.54, 1.807) is 54.5 Å². The zero-order valence-electron chi connectivity index (χ0n) is 13.3. The number of halogens is 1. The van der Waals surface area contributed by atoms with Crippen LogP contribution in [0.15, 0.2) is 42.5 Å². The van der Waals surface area contributed by atoms with Gasteiger partial charge in [-0.05, 0) is 30.3 Å². The highest BCUT2D eigenvalue weighted by atomic mass is 35.5. The van der Waals surface area contributed by atoms with E-state index >= 15 is 0 Å². The number of morpholine rings is 1. The lowest BCUT2D eigenvalue weighted by Crippen LogP contribution is -2.40. The number of carbonyl (C=O) groups excluding carboxylic acids is 1. The second-order valence-corrected chi connectivity index (χ2v) is 5.80. The molecular formula is C18H18ClNO4. The van der Waals surface area contributed by atoms with Gasteiger partial charge in [0.25, 0.3) is 5.91 Å². The predicted molar refractivity (Wildman–Crippen MR) is 91.2 cm³/mol. The fourth-order valence-corrected chi connectivity index (χ4v) is 2.71. The maximum Gasteiger partial charge on any atom is 0.254 e. The van der Waals surface area contributed by atoms with Crippen molar-refractivity contribution in [3.63, 3.8) is 0 Å². The molecule has 3 rings (SSSR count). The first-order valence-electron chi connectivity index (χ1n) is 7.65. The molecule has 0 aromatic heterocycles. The average molecular weight is 348 g/mol. The molecule has 0 N–H and O–H groups in total. The van der Waals surface area contributed by atoms with Crippen molar-refractivity contribution in [1.29, 1.82) is 0 Å². The number of nitrogens with zero attached hydrogens (tertiary/aromatic N) is 1. The van der Waals surface area contributed by atoms with E-state index < -0.39 is 0 Å². The Bertz CT molecular complexity index is 729. The molecule has 0 saturated carbocycles. The summed E-state index contributed by atoms with van der Waals surface area (Å²) in [7, 11) is 1.57. The van der Waals surface area contributed by atoms with Crippen LogP contribution in [0.4, 0.5) is 0 Å². The minimum absolute atomic E-state index is 0.0209. The smallest absolute Gasteiger partial charge is 0.254 e. The molecule has 0 unspecified atom stereocenters. The number of carbonyl (C=O) groups is 1. The van der Waals surface area contributed by atoms with E-state index in [0.717, 1.165) is 0 Å². The zero-order valence-corrected chi connectivity index (χ0v) is 14.1. The fourth-order valence-electron chi connectivity index (χ4n) is 2.49. The topological polar surface area (TPSA) is 48.0 Å². The number of rotatable bonds is 4. The molecule has 6 heteroatoms. The molecule has 1 fully saturated rings. The van der Waals surface area contributed by atoms with Gasteiger partial charge < -0.3 is 19.1 Å². The van der Waals surface area contributed by atoms with E-state index in [0.29, 0.717) is 54.1 Å². The summed E-state index contributed by atoms with van der Waals surface area (Å²) in [4.78, 5) is 14.3. The van der Waals surface area contributed by atoms with Crippen LogP contribution in [-0.2, 0) is 4.74 Å². The van der Waals surface area contributed by atoms with Crippen LogP contribution >= 0.6 is 11.6 Å². The summed E-state index contributed by atoms with van der Waals surface area (Å²) in [5, 5.41) is 0.518. The molecule has 1 saturated heterocycles. The van der Waals surface area contributed by atoms with Gasteiger partial charge >= 0.3 is 0 Å². The van der Waals surface area contributed by atoms with Crippen LogP contribution in [0.5, 0.6) is 17.2 Å². The van der Waals surface area contributed by atoms with Crippen molar-refractivity contribution in [2.45, 2.75) is 0 Å². The Morgan fingerprint density at radius 3 is 2.58 bits per heavy atom. The van der Waals surface area contributed by atoms with Crippen molar-refractivity contribution in [1.82, 2.24) is 4.90 Å². The van der Waals surface area contributed by atoms with Crippen molar-refractivity contribution >= 4 is 17.5 Å². The monoisotopic (exact) mass is 347 g/mol.